The van der Waals surface area contributed by atoms with Crippen LogP contribution in [0.2, 0.25) is 0 Å². The predicted octanol–water partition coefficient (Wildman–Crippen LogP) is 1.59. The zero-order chi connectivity index (χ0) is 28.0. The Balaban J connectivity index is 1.58. The van der Waals surface area contributed by atoms with E-state index < -0.39 is 57.2 Å². The number of nitrogens with zero attached hydrogens (tertiary/aromatic N) is 2. The molecule has 3 N–H and O–H groups in total. The van der Waals surface area contributed by atoms with Crippen molar-refractivity contribution in [2.75, 3.05) is 13.7 Å². The number of carbonyl (C=O) groups excluding carboxylic acids is 2. The number of phosphoric ester groups is 1. The molecule has 38 heavy (non-hydrogen) atoms. The largest absolute Gasteiger partial charge is 0.476 e. The van der Waals surface area contributed by atoms with Gasteiger partial charge in [-0.25, -0.2) is 13.8 Å². The van der Waals surface area contributed by atoms with Crippen LogP contribution in [0.3, 0.4) is 0 Å². The zero-order valence-corrected chi connectivity index (χ0v) is 21.4. The lowest BCUT2D eigenvalue weighted by molar-refractivity contribution is -0.154. The van der Waals surface area contributed by atoms with Gasteiger partial charge in [-0.15, -0.1) is 0 Å². The molecule has 1 aromatic rings. The predicted molar refractivity (Wildman–Crippen MR) is 127 cm³/mol. The number of hydrogen-bond acceptors (Lipinski definition) is 10. The van der Waals surface area contributed by atoms with Gasteiger partial charge in [0.2, 0.25) is 6.41 Å². The fourth-order valence-corrected chi connectivity index (χ4v) is 4.38. The van der Waals surface area contributed by atoms with E-state index in [1.165, 1.54) is 31.3 Å². The fourth-order valence-electron chi connectivity index (χ4n) is 3.44. The lowest BCUT2D eigenvalue weighted by Crippen LogP contribution is -2.36. The van der Waals surface area contributed by atoms with Gasteiger partial charge in [0.1, 0.15) is 12.0 Å². The summed E-state index contributed by atoms with van der Waals surface area (Å²) in [5.74, 6) is -1.72. The lowest BCUT2D eigenvalue weighted by atomic mass is 10.2. The number of benzene rings is 1. The molecule has 2 aliphatic heterocycles. The Labute approximate surface area is 216 Å². The van der Waals surface area contributed by atoms with Crippen LogP contribution in [0.4, 0.5) is 4.39 Å². The summed E-state index contributed by atoms with van der Waals surface area (Å²) in [6.45, 7) is 2.65. The number of phosphoric acid groups is 1. The van der Waals surface area contributed by atoms with E-state index in [2.05, 4.69) is 10.3 Å². The number of carbonyl (C=O) groups is 3. The smallest absolute Gasteiger partial charge is 0.472 e. The quantitative estimate of drug-likeness (QED) is 0.155. The molecule has 0 radical (unpaired) electrons. The van der Waals surface area contributed by atoms with Crippen LogP contribution in [0.25, 0.3) is 0 Å². The third-order valence-corrected chi connectivity index (χ3v) is 6.24. The van der Waals surface area contributed by atoms with Gasteiger partial charge in [-0.3, -0.25) is 28.5 Å². The zero-order valence-electron chi connectivity index (χ0n) is 20.6. The second-order valence-corrected chi connectivity index (χ2v) is 9.72. The number of fused-ring (bicyclic) bond motifs is 1. The molecule has 208 valence electrons. The summed E-state index contributed by atoms with van der Waals surface area (Å²) >= 11 is 0. The number of aliphatic carboxylic acids is 1. The SMILES string of the molecule is CN=C(/C=C\N(C=O)C1O[C@H](COP(=O)(O)OC(C)C)C[C@@H]1F)NC(=O)c1ccc2c(c1)OC(C(=O)O)O2. The summed E-state index contributed by atoms with van der Waals surface area (Å²) in [5, 5.41) is 11.5. The number of aliphatic imine (C=N–C) groups is 1. The van der Waals surface area contributed by atoms with E-state index in [-0.39, 0.29) is 29.3 Å². The summed E-state index contributed by atoms with van der Waals surface area (Å²) in [6.07, 6.45) is -3.52. The topological polar surface area (TPSA) is 183 Å². The molecule has 16 heteroatoms. The van der Waals surface area contributed by atoms with E-state index >= 15 is 0 Å². The average Bonchev–Trinajstić information content (AvgIpc) is 3.44. The number of amidine groups is 1. The number of rotatable bonds is 11. The van der Waals surface area contributed by atoms with E-state index in [1.54, 1.807) is 13.8 Å². The highest BCUT2D eigenvalue weighted by atomic mass is 31.2. The van der Waals surface area contributed by atoms with Crippen molar-refractivity contribution in [1.82, 2.24) is 10.2 Å². The van der Waals surface area contributed by atoms with E-state index in [0.717, 1.165) is 11.1 Å². The summed E-state index contributed by atoms with van der Waals surface area (Å²) in [7, 11) is -2.98. The van der Waals surface area contributed by atoms with Crippen molar-refractivity contribution in [3.05, 3.63) is 36.0 Å². The van der Waals surface area contributed by atoms with Gasteiger partial charge in [0.05, 0.1) is 18.8 Å². The number of amides is 2. The van der Waals surface area contributed by atoms with Gasteiger partial charge in [0, 0.05) is 25.2 Å². The van der Waals surface area contributed by atoms with Crippen LogP contribution < -0.4 is 14.8 Å². The molecule has 0 aliphatic carbocycles. The molecular weight excluding hydrogens is 532 g/mol. The Morgan fingerprint density at radius 1 is 1.34 bits per heavy atom. The summed E-state index contributed by atoms with van der Waals surface area (Å²) < 4.78 is 51.7. The van der Waals surface area contributed by atoms with Crippen molar-refractivity contribution in [2.24, 2.45) is 4.99 Å². The molecule has 2 heterocycles. The number of carboxylic acids is 1. The highest BCUT2D eigenvalue weighted by molar-refractivity contribution is 7.47. The van der Waals surface area contributed by atoms with Crippen LogP contribution in [0.1, 0.15) is 30.6 Å². The molecule has 5 atom stereocenters. The summed E-state index contributed by atoms with van der Waals surface area (Å²) in [5.41, 5.74) is 0.105. The first-order valence-corrected chi connectivity index (χ1v) is 12.8. The number of halogens is 1. The van der Waals surface area contributed by atoms with Gasteiger partial charge >= 0.3 is 20.1 Å². The Bertz CT molecular complexity index is 1160. The second-order valence-electron chi connectivity index (χ2n) is 8.32. The van der Waals surface area contributed by atoms with Gasteiger partial charge < -0.3 is 29.5 Å². The molecule has 14 nitrogen and oxygen atoms in total. The minimum absolute atomic E-state index is 0.00303. The van der Waals surface area contributed by atoms with E-state index in [1.807, 2.05) is 0 Å². The minimum atomic E-state index is -4.35. The summed E-state index contributed by atoms with van der Waals surface area (Å²) in [6, 6.07) is 4.06. The van der Waals surface area contributed by atoms with Crippen LogP contribution in [0, 0.1) is 0 Å². The molecule has 1 fully saturated rings. The van der Waals surface area contributed by atoms with E-state index in [4.69, 9.17) is 28.4 Å². The number of hydrogen-bond donors (Lipinski definition) is 3. The number of nitrogens with one attached hydrogen (secondary N) is 1. The van der Waals surface area contributed by atoms with Crippen LogP contribution in [0.15, 0.2) is 35.5 Å². The van der Waals surface area contributed by atoms with Gasteiger partial charge in [0.15, 0.2) is 17.7 Å². The maximum Gasteiger partial charge on any atom is 0.472 e. The maximum absolute atomic E-state index is 14.6. The number of ether oxygens (including phenoxy) is 3. The van der Waals surface area contributed by atoms with Gasteiger partial charge in [0.25, 0.3) is 5.91 Å². The Kier molecular flexibility index (Phi) is 9.57. The third kappa shape index (κ3) is 7.58. The monoisotopic (exact) mass is 559 g/mol. The molecular formula is C22H27FN3O11P. The van der Waals surface area contributed by atoms with E-state index in [9.17, 15) is 28.2 Å². The first-order valence-electron chi connectivity index (χ1n) is 11.3. The van der Waals surface area contributed by atoms with Crippen molar-refractivity contribution >= 4 is 31.9 Å². The molecule has 0 spiro atoms. The molecule has 0 aromatic heterocycles. The Hall–Kier alpha value is -3.36. The molecule has 1 saturated heterocycles. The minimum Gasteiger partial charge on any atom is -0.476 e. The highest BCUT2D eigenvalue weighted by Crippen LogP contribution is 2.45. The Morgan fingerprint density at radius 2 is 2.05 bits per heavy atom. The first kappa shape index (κ1) is 29.2. The van der Waals surface area contributed by atoms with Crippen molar-refractivity contribution in [2.45, 2.75) is 51.2 Å². The van der Waals surface area contributed by atoms with Crippen LogP contribution in [0.5, 0.6) is 11.5 Å². The van der Waals surface area contributed by atoms with Crippen LogP contribution in [-0.2, 0) is 27.9 Å². The number of carboxylic acid groups (broad SMARTS) is 1. The first-order chi connectivity index (χ1) is 17.9. The number of alkyl halides is 1. The van der Waals surface area contributed by atoms with Crippen LogP contribution in [-0.4, -0.2) is 83.6 Å². The maximum atomic E-state index is 14.6. The van der Waals surface area contributed by atoms with Gasteiger partial charge in [-0.1, -0.05) is 0 Å². The second kappa shape index (κ2) is 12.5. The lowest BCUT2D eigenvalue weighted by Gasteiger charge is -2.23. The van der Waals surface area contributed by atoms with E-state index in [0.29, 0.717) is 6.41 Å². The van der Waals surface area contributed by atoms with Crippen LogP contribution >= 0.6 is 7.82 Å². The molecule has 3 rings (SSSR count). The van der Waals surface area contributed by atoms with Gasteiger partial charge in [-0.2, -0.15) is 0 Å². The summed E-state index contributed by atoms with van der Waals surface area (Å²) in [4.78, 5) is 49.7. The van der Waals surface area contributed by atoms with Crippen molar-refractivity contribution in [3.63, 3.8) is 0 Å². The van der Waals surface area contributed by atoms with Crippen molar-refractivity contribution in [3.8, 4) is 11.5 Å². The molecule has 0 bridgehead atoms. The Morgan fingerprint density at radius 3 is 2.68 bits per heavy atom. The normalized spacial score (nSPS) is 24.4. The van der Waals surface area contributed by atoms with Gasteiger partial charge in [-0.05, 0) is 38.1 Å². The molecule has 3 unspecified atom stereocenters. The molecule has 0 saturated carbocycles. The standard InChI is InChI=1S/C22H27FN3O11P/c1-12(2)37-38(31,32)33-10-14-9-15(23)20(34-14)26(11-27)7-6-18(24-3)25-19(28)13-4-5-16-17(8-13)36-22(35-16)21(29)30/h4-8,11-12,14-15,20,22H,9-10H2,1-3H3,(H,29,30)(H,31,32)(H,24,25,28)/b7-6-/t14-,15-,20?,22?/m0/s1. The molecule has 1 aromatic carbocycles. The van der Waals surface area contributed by atoms with Crippen molar-refractivity contribution in [1.29, 1.82) is 0 Å². The van der Waals surface area contributed by atoms with Crippen molar-refractivity contribution < 1.29 is 56.6 Å². The molecule has 2 aliphatic rings. The highest BCUT2D eigenvalue weighted by Gasteiger charge is 2.40. The average molecular weight is 559 g/mol. The third-order valence-electron chi connectivity index (χ3n) is 5.08. The fraction of sp³-hybridized carbons (Fsp3) is 0.455. The molecule has 2 amide bonds.